The normalized spacial score (nSPS) is 10.6. The molecular weight excluding hydrogens is 298 g/mol. The fourth-order valence-electron chi connectivity index (χ4n) is 2.07. The summed E-state index contributed by atoms with van der Waals surface area (Å²) in [6, 6.07) is 14.3. The molecule has 112 valence electrons. The molecule has 0 bridgehead atoms. The minimum absolute atomic E-state index is 0.375. The van der Waals surface area contributed by atoms with Gasteiger partial charge in [-0.25, -0.2) is 9.78 Å². The molecule has 0 aliphatic rings. The van der Waals surface area contributed by atoms with Gasteiger partial charge in [-0.1, -0.05) is 29.5 Å². The van der Waals surface area contributed by atoms with Crippen LogP contribution in [0, 0.1) is 6.92 Å². The Morgan fingerprint density at radius 2 is 2.05 bits per heavy atom. The van der Waals surface area contributed by atoms with Gasteiger partial charge in [0.25, 0.3) is 0 Å². The molecule has 3 aromatic rings. The molecule has 2 aromatic carbocycles. The van der Waals surface area contributed by atoms with E-state index < -0.39 is 6.09 Å². The topological polar surface area (TPSA) is 67.0 Å². The second-order valence-corrected chi connectivity index (χ2v) is 5.95. The highest BCUT2D eigenvalue weighted by molar-refractivity contribution is 7.99. The van der Waals surface area contributed by atoms with Gasteiger partial charge in [0, 0.05) is 9.79 Å². The molecule has 0 aliphatic carbocycles. The van der Waals surface area contributed by atoms with Crippen molar-refractivity contribution in [3.63, 3.8) is 0 Å². The second kappa shape index (κ2) is 6.11. The smallest absolute Gasteiger partial charge is 0.413 e. The highest BCUT2D eigenvalue weighted by Crippen LogP contribution is 2.30. The van der Waals surface area contributed by atoms with E-state index in [0.717, 1.165) is 15.9 Å². The Labute approximate surface area is 132 Å². The number of rotatable bonds is 3. The van der Waals surface area contributed by atoms with Crippen LogP contribution in [0.4, 0.5) is 10.7 Å². The van der Waals surface area contributed by atoms with Crippen molar-refractivity contribution in [3.05, 3.63) is 48.0 Å². The zero-order valence-corrected chi connectivity index (χ0v) is 13.0. The Hall–Kier alpha value is -2.47. The third kappa shape index (κ3) is 3.23. The van der Waals surface area contributed by atoms with Gasteiger partial charge in [0.05, 0.1) is 18.1 Å². The van der Waals surface area contributed by atoms with Crippen molar-refractivity contribution in [2.24, 2.45) is 0 Å². The van der Waals surface area contributed by atoms with E-state index in [-0.39, 0.29) is 0 Å². The Kier molecular flexibility index (Phi) is 4.02. The molecule has 0 unspecified atom stereocenters. The number of carbonyl (C=O) groups is 1. The summed E-state index contributed by atoms with van der Waals surface area (Å²) in [7, 11) is 1.31. The van der Waals surface area contributed by atoms with E-state index in [1.165, 1.54) is 17.6 Å². The van der Waals surface area contributed by atoms with Gasteiger partial charge in [-0.2, -0.15) is 0 Å². The molecule has 0 radical (unpaired) electrons. The third-order valence-electron chi connectivity index (χ3n) is 3.08. The molecule has 0 fully saturated rings. The van der Waals surface area contributed by atoms with Crippen molar-refractivity contribution < 1.29 is 9.53 Å². The van der Waals surface area contributed by atoms with Gasteiger partial charge in [0.2, 0.25) is 5.95 Å². The summed E-state index contributed by atoms with van der Waals surface area (Å²) in [5.74, 6) is 0.375. The number of nitrogens with one attached hydrogen (secondary N) is 2. The van der Waals surface area contributed by atoms with E-state index in [0.29, 0.717) is 5.95 Å². The zero-order valence-electron chi connectivity index (χ0n) is 12.2. The summed E-state index contributed by atoms with van der Waals surface area (Å²) >= 11 is 1.68. The summed E-state index contributed by atoms with van der Waals surface area (Å²) < 4.78 is 4.55. The average molecular weight is 313 g/mol. The SMILES string of the molecule is COC(=O)Nc1nc2ccc(Sc3cccc(C)c3)cc2[nH]1. The van der Waals surface area contributed by atoms with Crippen LogP contribution in [0.3, 0.4) is 0 Å². The van der Waals surface area contributed by atoms with E-state index >= 15 is 0 Å². The largest absolute Gasteiger partial charge is 0.453 e. The average Bonchev–Trinajstić information content (AvgIpc) is 2.88. The van der Waals surface area contributed by atoms with E-state index in [1.54, 1.807) is 11.8 Å². The minimum atomic E-state index is -0.548. The van der Waals surface area contributed by atoms with Gasteiger partial charge in [-0.15, -0.1) is 0 Å². The van der Waals surface area contributed by atoms with Crippen LogP contribution < -0.4 is 5.32 Å². The molecule has 6 heteroatoms. The van der Waals surface area contributed by atoms with Crippen LogP contribution >= 0.6 is 11.8 Å². The summed E-state index contributed by atoms with van der Waals surface area (Å²) in [5.41, 5.74) is 2.89. The summed E-state index contributed by atoms with van der Waals surface area (Å²) in [5, 5.41) is 2.52. The lowest BCUT2D eigenvalue weighted by atomic mass is 10.2. The van der Waals surface area contributed by atoms with Gasteiger partial charge in [0.1, 0.15) is 0 Å². The molecule has 1 aromatic heterocycles. The van der Waals surface area contributed by atoms with Gasteiger partial charge in [-0.05, 0) is 37.3 Å². The van der Waals surface area contributed by atoms with Gasteiger partial charge in [-0.3, -0.25) is 5.32 Å². The first-order chi connectivity index (χ1) is 10.6. The molecule has 1 heterocycles. The first-order valence-electron chi connectivity index (χ1n) is 6.73. The molecule has 0 saturated carbocycles. The molecule has 0 saturated heterocycles. The van der Waals surface area contributed by atoms with Crippen molar-refractivity contribution in [1.82, 2.24) is 9.97 Å². The minimum Gasteiger partial charge on any atom is -0.453 e. The number of imidazole rings is 1. The van der Waals surface area contributed by atoms with Crippen molar-refractivity contribution >= 4 is 34.8 Å². The number of H-pyrrole nitrogens is 1. The number of hydrogen-bond donors (Lipinski definition) is 2. The second-order valence-electron chi connectivity index (χ2n) is 4.80. The van der Waals surface area contributed by atoms with Crippen LogP contribution in [-0.4, -0.2) is 23.2 Å². The number of aromatic nitrogens is 2. The number of nitrogens with zero attached hydrogens (tertiary/aromatic N) is 1. The number of ether oxygens (including phenoxy) is 1. The third-order valence-corrected chi connectivity index (χ3v) is 4.06. The van der Waals surface area contributed by atoms with Gasteiger partial charge in [0.15, 0.2) is 0 Å². The number of aromatic amines is 1. The molecule has 5 nitrogen and oxygen atoms in total. The van der Waals surface area contributed by atoms with Crippen LogP contribution in [0.1, 0.15) is 5.56 Å². The number of amides is 1. The van der Waals surface area contributed by atoms with E-state index in [9.17, 15) is 4.79 Å². The molecule has 1 amide bonds. The Bertz CT molecular complexity index is 829. The van der Waals surface area contributed by atoms with Crippen molar-refractivity contribution in [3.8, 4) is 0 Å². The number of anilines is 1. The summed E-state index contributed by atoms with van der Waals surface area (Å²) in [6.07, 6.45) is -0.548. The van der Waals surface area contributed by atoms with Crippen molar-refractivity contribution in [2.75, 3.05) is 12.4 Å². The Morgan fingerprint density at radius 3 is 2.82 bits per heavy atom. The molecule has 0 atom stereocenters. The fourth-order valence-corrected chi connectivity index (χ4v) is 3.05. The maximum Gasteiger partial charge on any atom is 0.413 e. The Morgan fingerprint density at radius 1 is 1.23 bits per heavy atom. The summed E-state index contributed by atoms with van der Waals surface area (Å²) in [6.45, 7) is 2.08. The van der Waals surface area contributed by atoms with Gasteiger partial charge < -0.3 is 9.72 Å². The Balaban J connectivity index is 1.84. The van der Waals surface area contributed by atoms with Crippen LogP contribution in [0.2, 0.25) is 0 Å². The quantitative estimate of drug-likeness (QED) is 0.760. The highest BCUT2D eigenvalue weighted by atomic mass is 32.2. The number of fused-ring (bicyclic) bond motifs is 1. The number of methoxy groups -OCH3 is 1. The molecule has 22 heavy (non-hydrogen) atoms. The van der Waals surface area contributed by atoms with Crippen LogP contribution in [0.5, 0.6) is 0 Å². The fraction of sp³-hybridized carbons (Fsp3) is 0.125. The maximum absolute atomic E-state index is 11.2. The van der Waals surface area contributed by atoms with E-state index in [1.807, 2.05) is 24.3 Å². The molecular formula is C16H15N3O2S. The maximum atomic E-state index is 11.2. The van der Waals surface area contributed by atoms with Crippen LogP contribution in [0.25, 0.3) is 11.0 Å². The lowest BCUT2D eigenvalue weighted by molar-refractivity contribution is 0.186. The summed E-state index contributed by atoms with van der Waals surface area (Å²) in [4.78, 5) is 20.8. The number of aryl methyl sites for hydroxylation is 1. The molecule has 0 aliphatic heterocycles. The predicted octanol–water partition coefficient (Wildman–Crippen LogP) is 4.20. The monoisotopic (exact) mass is 313 g/mol. The first-order valence-corrected chi connectivity index (χ1v) is 7.55. The predicted molar refractivity (Wildman–Crippen MR) is 87.4 cm³/mol. The van der Waals surface area contributed by atoms with E-state index in [4.69, 9.17) is 0 Å². The highest BCUT2D eigenvalue weighted by Gasteiger charge is 2.07. The molecule has 2 N–H and O–H groups in total. The zero-order chi connectivity index (χ0) is 15.5. The van der Waals surface area contributed by atoms with Crippen LogP contribution in [-0.2, 0) is 4.74 Å². The van der Waals surface area contributed by atoms with Crippen molar-refractivity contribution in [2.45, 2.75) is 16.7 Å². The standard InChI is InChI=1S/C16H15N3O2S/c1-10-4-3-5-11(8-10)22-12-6-7-13-14(9-12)18-15(17-13)19-16(20)21-2/h3-9H,1-2H3,(H2,17,18,19,20). The van der Waals surface area contributed by atoms with Gasteiger partial charge >= 0.3 is 6.09 Å². The van der Waals surface area contributed by atoms with Crippen LogP contribution in [0.15, 0.2) is 52.3 Å². The molecule has 3 rings (SSSR count). The first kappa shape index (κ1) is 14.5. The van der Waals surface area contributed by atoms with Crippen molar-refractivity contribution in [1.29, 1.82) is 0 Å². The lowest BCUT2D eigenvalue weighted by Crippen LogP contribution is -2.11. The van der Waals surface area contributed by atoms with E-state index in [2.05, 4.69) is 45.1 Å². The lowest BCUT2D eigenvalue weighted by Gasteiger charge is -2.02. The number of carbonyl (C=O) groups excluding carboxylic acids is 1. The molecule has 0 spiro atoms. The number of benzene rings is 2. The number of hydrogen-bond acceptors (Lipinski definition) is 4.